The van der Waals surface area contributed by atoms with E-state index in [9.17, 15) is 5.11 Å². The molecule has 4 aromatic rings. The summed E-state index contributed by atoms with van der Waals surface area (Å²) in [5.74, 6) is 1.56. The summed E-state index contributed by atoms with van der Waals surface area (Å²) in [4.78, 5) is 9.29. The van der Waals surface area contributed by atoms with Gasteiger partial charge < -0.3 is 19.7 Å². The summed E-state index contributed by atoms with van der Waals surface area (Å²) in [6.45, 7) is 4.07. The van der Waals surface area contributed by atoms with E-state index < -0.39 is 0 Å². The lowest BCUT2D eigenvalue weighted by atomic mass is 10.2. The van der Waals surface area contributed by atoms with Gasteiger partial charge in [-0.05, 0) is 24.1 Å². The lowest BCUT2D eigenvalue weighted by Gasteiger charge is -2.11. The van der Waals surface area contributed by atoms with Crippen LogP contribution >= 0.6 is 0 Å². The van der Waals surface area contributed by atoms with E-state index in [0.717, 1.165) is 58.6 Å². The predicted molar refractivity (Wildman–Crippen MR) is 116 cm³/mol. The largest absolute Gasteiger partial charge is 0.489 e. The number of anilines is 1. The monoisotopic (exact) mass is 390 g/mol. The molecule has 2 N–H and O–H groups in total. The van der Waals surface area contributed by atoms with E-state index in [1.165, 1.54) is 0 Å². The number of nitrogens with one attached hydrogen (secondary N) is 1. The second-order valence-corrected chi connectivity index (χ2v) is 7.04. The fourth-order valence-corrected chi connectivity index (χ4v) is 3.45. The highest BCUT2D eigenvalue weighted by Crippen LogP contribution is 2.29. The third-order valence-corrected chi connectivity index (χ3v) is 4.93. The Morgan fingerprint density at radius 2 is 1.97 bits per heavy atom. The smallest absolute Gasteiger partial charge is 0.204 e. The minimum absolute atomic E-state index is 0.0516. The van der Waals surface area contributed by atoms with Gasteiger partial charge in [-0.1, -0.05) is 43.7 Å². The Bertz CT molecular complexity index is 1090. The lowest BCUT2D eigenvalue weighted by molar-refractivity contribution is 0.278. The average molecular weight is 390 g/mol. The molecule has 0 unspecified atom stereocenters. The topological polar surface area (TPSA) is 72.2 Å². The van der Waals surface area contributed by atoms with Crippen molar-refractivity contribution in [2.75, 3.05) is 18.5 Å². The molecule has 0 saturated carbocycles. The molecule has 0 radical (unpaired) electrons. The van der Waals surface area contributed by atoms with Crippen molar-refractivity contribution >= 4 is 27.9 Å². The van der Waals surface area contributed by atoms with Gasteiger partial charge in [-0.15, -0.1) is 0 Å². The Morgan fingerprint density at radius 1 is 1.10 bits per heavy atom. The van der Waals surface area contributed by atoms with Crippen LogP contribution < -0.4 is 10.1 Å². The first-order chi connectivity index (χ1) is 14.3. The van der Waals surface area contributed by atoms with Crippen LogP contribution in [0.3, 0.4) is 0 Å². The highest BCUT2D eigenvalue weighted by atomic mass is 16.5. The number of ether oxygens (including phenoxy) is 1. The van der Waals surface area contributed by atoms with Crippen molar-refractivity contribution in [3.8, 4) is 5.75 Å². The molecule has 0 fully saturated rings. The van der Waals surface area contributed by atoms with Crippen molar-refractivity contribution in [2.45, 2.75) is 32.9 Å². The van der Waals surface area contributed by atoms with Crippen molar-refractivity contribution in [1.29, 1.82) is 0 Å². The third kappa shape index (κ3) is 4.17. The molecular weight excluding hydrogens is 364 g/mol. The quantitative estimate of drug-likeness (QED) is 0.415. The number of aliphatic hydroxyl groups excluding tert-OH is 1. The first-order valence-corrected chi connectivity index (χ1v) is 10.1. The molecule has 0 bridgehead atoms. The molecule has 29 heavy (non-hydrogen) atoms. The fraction of sp³-hybridized carbons (Fsp3) is 0.304. The average Bonchev–Trinajstić information content (AvgIpc) is 3.11. The van der Waals surface area contributed by atoms with Crippen LogP contribution in [-0.2, 0) is 13.2 Å². The lowest BCUT2D eigenvalue weighted by Crippen LogP contribution is -2.10. The molecule has 4 rings (SSSR count). The van der Waals surface area contributed by atoms with E-state index in [1.54, 1.807) is 6.20 Å². The zero-order valence-electron chi connectivity index (χ0n) is 16.6. The normalized spacial score (nSPS) is 11.2. The standard InChI is InChI=1S/C23H26N4O2/c1-2-3-11-24-23-26-21-15-25-20-14-18(29-16-17-7-5-4-6-8-17)9-10-19(20)22(21)27(23)12-13-28/h4-10,14-15,28H,2-3,11-13,16H2,1H3,(H,24,26). The minimum Gasteiger partial charge on any atom is -0.489 e. The number of rotatable bonds is 9. The molecule has 150 valence electrons. The third-order valence-electron chi connectivity index (χ3n) is 4.93. The molecular formula is C23H26N4O2. The number of imidazole rings is 1. The molecule has 6 nitrogen and oxygen atoms in total. The first kappa shape index (κ1) is 19.2. The van der Waals surface area contributed by atoms with Gasteiger partial charge in [0.2, 0.25) is 5.95 Å². The number of nitrogens with zero attached hydrogens (tertiary/aromatic N) is 3. The first-order valence-electron chi connectivity index (χ1n) is 10.1. The summed E-state index contributed by atoms with van der Waals surface area (Å²) >= 11 is 0. The number of pyridine rings is 1. The number of unbranched alkanes of at least 4 members (excludes halogenated alkanes) is 1. The highest BCUT2D eigenvalue weighted by Gasteiger charge is 2.14. The fourth-order valence-electron chi connectivity index (χ4n) is 3.45. The molecule has 6 heteroatoms. The Hall–Kier alpha value is -3.12. The van der Waals surface area contributed by atoms with Crippen LogP contribution in [0.15, 0.2) is 54.7 Å². The maximum atomic E-state index is 9.58. The van der Waals surface area contributed by atoms with Crippen LogP contribution in [0.1, 0.15) is 25.3 Å². The molecule has 0 aliphatic heterocycles. The van der Waals surface area contributed by atoms with Gasteiger partial charge in [0.05, 0.1) is 23.8 Å². The maximum absolute atomic E-state index is 9.58. The SMILES string of the molecule is CCCCNc1nc2cnc3cc(OCc4ccccc4)ccc3c2n1CCO. The maximum Gasteiger partial charge on any atom is 0.204 e. The van der Waals surface area contributed by atoms with Gasteiger partial charge in [0.25, 0.3) is 0 Å². The number of benzene rings is 2. The molecule has 2 heterocycles. The molecule has 2 aromatic carbocycles. The predicted octanol–water partition coefficient (Wildman–Crippen LogP) is 4.37. The van der Waals surface area contributed by atoms with Crippen molar-refractivity contribution < 1.29 is 9.84 Å². The summed E-state index contributed by atoms with van der Waals surface area (Å²) in [5, 5.41) is 14.0. The number of hydrogen-bond donors (Lipinski definition) is 2. The van der Waals surface area contributed by atoms with Crippen molar-refractivity contribution in [1.82, 2.24) is 14.5 Å². The summed E-state index contributed by atoms with van der Waals surface area (Å²) in [6.07, 6.45) is 3.98. The van der Waals surface area contributed by atoms with Crippen molar-refractivity contribution in [2.24, 2.45) is 0 Å². The molecule has 0 atom stereocenters. The van der Waals surface area contributed by atoms with Gasteiger partial charge in [-0.3, -0.25) is 4.98 Å². The Balaban J connectivity index is 1.67. The van der Waals surface area contributed by atoms with E-state index in [-0.39, 0.29) is 6.61 Å². The Morgan fingerprint density at radius 3 is 2.76 bits per heavy atom. The summed E-state index contributed by atoms with van der Waals surface area (Å²) < 4.78 is 7.99. The van der Waals surface area contributed by atoms with Gasteiger partial charge in [0, 0.05) is 24.5 Å². The van der Waals surface area contributed by atoms with E-state index in [0.29, 0.717) is 13.2 Å². The summed E-state index contributed by atoms with van der Waals surface area (Å²) in [7, 11) is 0. The number of fused-ring (bicyclic) bond motifs is 3. The molecule has 0 aliphatic carbocycles. The molecule has 0 saturated heterocycles. The van der Waals surface area contributed by atoms with Gasteiger partial charge in [0.15, 0.2) is 0 Å². The number of hydrogen-bond acceptors (Lipinski definition) is 5. The Kier molecular flexibility index (Phi) is 5.91. The van der Waals surface area contributed by atoms with E-state index in [1.807, 2.05) is 53.1 Å². The molecule has 2 aromatic heterocycles. The van der Waals surface area contributed by atoms with Gasteiger partial charge in [0.1, 0.15) is 17.9 Å². The zero-order chi connectivity index (χ0) is 20.1. The highest BCUT2D eigenvalue weighted by molar-refractivity contribution is 6.03. The second kappa shape index (κ2) is 8.92. The van der Waals surface area contributed by atoms with Crippen LogP contribution in [-0.4, -0.2) is 32.8 Å². The van der Waals surface area contributed by atoms with Crippen LogP contribution in [0.2, 0.25) is 0 Å². The van der Waals surface area contributed by atoms with Crippen molar-refractivity contribution in [3.05, 3.63) is 60.3 Å². The van der Waals surface area contributed by atoms with E-state index in [4.69, 9.17) is 9.72 Å². The second-order valence-electron chi connectivity index (χ2n) is 7.04. The van der Waals surface area contributed by atoms with Crippen LogP contribution in [0, 0.1) is 0 Å². The molecule has 0 spiro atoms. The summed E-state index contributed by atoms with van der Waals surface area (Å²) in [5.41, 5.74) is 3.78. The van der Waals surface area contributed by atoms with Gasteiger partial charge >= 0.3 is 0 Å². The van der Waals surface area contributed by atoms with E-state index >= 15 is 0 Å². The molecule has 0 amide bonds. The van der Waals surface area contributed by atoms with E-state index in [2.05, 4.69) is 17.2 Å². The van der Waals surface area contributed by atoms with Crippen LogP contribution in [0.25, 0.3) is 21.9 Å². The minimum atomic E-state index is 0.0516. The Labute approximate surface area is 170 Å². The van der Waals surface area contributed by atoms with Crippen molar-refractivity contribution in [3.63, 3.8) is 0 Å². The zero-order valence-corrected chi connectivity index (χ0v) is 16.6. The molecule has 0 aliphatic rings. The number of aliphatic hydroxyl groups is 1. The van der Waals surface area contributed by atoms with Crippen LogP contribution in [0.4, 0.5) is 5.95 Å². The van der Waals surface area contributed by atoms with Gasteiger partial charge in [-0.25, -0.2) is 4.98 Å². The van der Waals surface area contributed by atoms with Crippen LogP contribution in [0.5, 0.6) is 5.75 Å². The summed E-state index contributed by atoms with van der Waals surface area (Å²) in [6, 6.07) is 16.0. The van der Waals surface area contributed by atoms with Gasteiger partial charge in [-0.2, -0.15) is 0 Å². The number of aromatic nitrogens is 3.